The van der Waals surface area contributed by atoms with Gasteiger partial charge in [0.25, 0.3) is 0 Å². The summed E-state index contributed by atoms with van der Waals surface area (Å²) in [6.07, 6.45) is 7.57. The van der Waals surface area contributed by atoms with Crippen LogP contribution in [-0.2, 0) is 0 Å². The number of likely N-dealkylation sites (tertiary alicyclic amines) is 1. The summed E-state index contributed by atoms with van der Waals surface area (Å²) in [5.41, 5.74) is 5.98. The number of hydrogen-bond donors (Lipinski definition) is 1. The number of piperidine rings is 1. The molecule has 0 bridgehead atoms. The molecule has 2 N–H and O–H groups in total. The highest BCUT2D eigenvalue weighted by atomic mass is 15.3. The minimum absolute atomic E-state index is 0.767. The number of guanidine groups is 1. The maximum absolute atomic E-state index is 5.98. The van der Waals surface area contributed by atoms with Crippen LogP contribution in [0.15, 0.2) is 4.99 Å². The summed E-state index contributed by atoms with van der Waals surface area (Å²) in [5.74, 6) is 1.62. The first kappa shape index (κ1) is 13.3. The van der Waals surface area contributed by atoms with Gasteiger partial charge in [0.15, 0.2) is 5.96 Å². The summed E-state index contributed by atoms with van der Waals surface area (Å²) >= 11 is 0. The lowest BCUT2D eigenvalue weighted by Gasteiger charge is -2.31. The van der Waals surface area contributed by atoms with Gasteiger partial charge in [-0.05, 0) is 25.2 Å². The molecule has 0 aromatic rings. The predicted octanol–water partition coefficient (Wildman–Crippen LogP) is 2.61. The Morgan fingerprint density at radius 2 is 1.94 bits per heavy atom. The fourth-order valence-corrected chi connectivity index (χ4v) is 2.07. The van der Waals surface area contributed by atoms with Crippen LogP contribution in [0.25, 0.3) is 0 Å². The van der Waals surface area contributed by atoms with Crippen molar-refractivity contribution in [3.05, 3.63) is 0 Å². The van der Waals surface area contributed by atoms with Crippen LogP contribution in [0.5, 0.6) is 0 Å². The van der Waals surface area contributed by atoms with E-state index in [2.05, 4.69) is 23.7 Å². The quantitative estimate of drug-likeness (QED) is 0.444. The van der Waals surface area contributed by atoms with E-state index in [9.17, 15) is 0 Å². The third-order valence-corrected chi connectivity index (χ3v) is 3.39. The third-order valence-electron chi connectivity index (χ3n) is 3.39. The average molecular weight is 225 g/mol. The molecule has 3 heteroatoms. The molecular formula is C13H27N3. The Morgan fingerprint density at radius 3 is 2.56 bits per heavy atom. The highest BCUT2D eigenvalue weighted by Crippen LogP contribution is 2.15. The van der Waals surface area contributed by atoms with Gasteiger partial charge in [-0.25, -0.2) is 0 Å². The monoisotopic (exact) mass is 225 g/mol. The Bertz CT molecular complexity index is 205. The fourth-order valence-electron chi connectivity index (χ4n) is 2.07. The lowest BCUT2D eigenvalue weighted by atomic mass is 10.00. The number of aliphatic imine (C=N–C) groups is 1. The number of hydrogen-bond acceptors (Lipinski definition) is 1. The fraction of sp³-hybridized carbons (Fsp3) is 0.923. The first-order chi connectivity index (χ1) is 7.74. The van der Waals surface area contributed by atoms with E-state index >= 15 is 0 Å². The molecule has 0 spiro atoms. The molecule has 1 fully saturated rings. The normalized spacial score (nSPS) is 19.1. The lowest BCUT2D eigenvalue weighted by molar-refractivity contribution is 0.277. The zero-order chi connectivity index (χ0) is 11.8. The summed E-state index contributed by atoms with van der Waals surface area (Å²) in [6.45, 7) is 7.62. The molecule has 3 nitrogen and oxygen atoms in total. The molecule has 0 unspecified atom stereocenters. The summed E-state index contributed by atoms with van der Waals surface area (Å²) in [7, 11) is 0. The van der Waals surface area contributed by atoms with E-state index in [4.69, 9.17) is 5.73 Å². The Hall–Kier alpha value is -0.730. The van der Waals surface area contributed by atoms with Crippen molar-refractivity contribution in [2.24, 2.45) is 16.6 Å². The van der Waals surface area contributed by atoms with E-state index in [0.29, 0.717) is 0 Å². The van der Waals surface area contributed by atoms with Crippen LogP contribution in [0.3, 0.4) is 0 Å². The minimum Gasteiger partial charge on any atom is -0.370 e. The maximum atomic E-state index is 5.98. The predicted molar refractivity (Wildman–Crippen MR) is 70.6 cm³/mol. The first-order valence-corrected chi connectivity index (χ1v) is 6.79. The summed E-state index contributed by atoms with van der Waals surface area (Å²) in [6, 6.07) is 0. The van der Waals surface area contributed by atoms with Crippen molar-refractivity contribution in [1.82, 2.24) is 4.90 Å². The van der Waals surface area contributed by atoms with E-state index in [-0.39, 0.29) is 0 Å². The second kappa shape index (κ2) is 7.53. The first-order valence-electron chi connectivity index (χ1n) is 6.79. The number of nitrogens with two attached hydrogens (primary N) is 1. The summed E-state index contributed by atoms with van der Waals surface area (Å²) < 4.78 is 0. The molecule has 16 heavy (non-hydrogen) atoms. The van der Waals surface area contributed by atoms with Gasteiger partial charge in [-0.3, -0.25) is 4.99 Å². The zero-order valence-electron chi connectivity index (χ0n) is 10.9. The Morgan fingerprint density at radius 1 is 1.25 bits per heavy atom. The van der Waals surface area contributed by atoms with Crippen molar-refractivity contribution in [3.63, 3.8) is 0 Å². The van der Waals surface area contributed by atoms with Crippen molar-refractivity contribution >= 4 is 5.96 Å². The van der Waals surface area contributed by atoms with Crippen molar-refractivity contribution in [2.45, 2.75) is 52.4 Å². The lowest BCUT2D eigenvalue weighted by Crippen LogP contribution is -2.42. The molecule has 1 aliphatic rings. The van der Waals surface area contributed by atoms with Crippen molar-refractivity contribution < 1.29 is 0 Å². The van der Waals surface area contributed by atoms with Crippen LogP contribution in [0, 0.1) is 5.92 Å². The highest BCUT2D eigenvalue weighted by molar-refractivity contribution is 5.78. The van der Waals surface area contributed by atoms with Crippen LogP contribution in [0.1, 0.15) is 52.4 Å². The Labute approximate surface area is 100 Å². The molecule has 0 aromatic carbocycles. The molecule has 1 aliphatic heterocycles. The van der Waals surface area contributed by atoms with Gasteiger partial charge in [0.1, 0.15) is 0 Å². The van der Waals surface area contributed by atoms with Crippen molar-refractivity contribution in [2.75, 3.05) is 19.6 Å². The average Bonchev–Trinajstić information content (AvgIpc) is 2.29. The second-order valence-corrected chi connectivity index (χ2v) is 4.97. The number of nitrogens with zero attached hydrogens (tertiary/aromatic N) is 2. The van der Waals surface area contributed by atoms with E-state index < -0.39 is 0 Å². The van der Waals surface area contributed by atoms with Gasteiger partial charge in [0.05, 0.1) is 0 Å². The molecule has 1 saturated heterocycles. The topological polar surface area (TPSA) is 41.6 Å². The standard InChI is InChI=1S/C13H27N3/c1-3-4-5-6-9-15-13(14)16-10-7-12(2)8-11-16/h12H,3-11H2,1-2H3,(H2,14,15). The molecule has 0 amide bonds. The number of rotatable bonds is 5. The Kier molecular flexibility index (Phi) is 6.27. The largest absolute Gasteiger partial charge is 0.370 e. The smallest absolute Gasteiger partial charge is 0.191 e. The van der Waals surface area contributed by atoms with Gasteiger partial charge in [0, 0.05) is 19.6 Å². The minimum atomic E-state index is 0.767. The maximum Gasteiger partial charge on any atom is 0.191 e. The van der Waals surface area contributed by atoms with E-state index in [1.165, 1.54) is 38.5 Å². The van der Waals surface area contributed by atoms with Crippen LogP contribution in [0.4, 0.5) is 0 Å². The molecule has 0 aromatic heterocycles. The van der Waals surface area contributed by atoms with Crippen LogP contribution < -0.4 is 5.73 Å². The molecule has 94 valence electrons. The van der Waals surface area contributed by atoms with Gasteiger partial charge in [0.2, 0.25) is 0 Å². The van der Waals surface area contributed by atoms with Gasteiger partial charge < -0.3 is 10.6 Å². The molecular weight excluding hydrogens is 198 g/mol. The second-order valence-electron chi connectivity index (χ2n) is 4.97. The zero-order valence-corrected chi connectivity index (χ0v) is 10.9. The van der Waals surface area contributed by atoms with Crippen LogP contribution >= 0.6 is 0 Å². The molecule has 0 radical (unpaired) electrons. The number of unbranched alkanes of at least 4 members (excludes halogenated alkanes) is 3. The third kappa shape index (κ3) is 4.86. The van der Waals surface area contributed by atoms with Crippen LogP contribution in [0.2, 0.25) is 0 Å². The van der Waals surface area contributed by atoms with Gasteiger partial charge in [-0.2, -0.15) is 0 Å². The van der Waals surface area contributed by atoms with E-state index in [1.807, 2.05) is 0 Å². The van der Waals surface area contributed by atoms with E-state index in [0.717, 1.165) is 31.5 Å². The molecule has 0 aliphatic carbocycles. The van der Waals surface area contributed by atoms with Gasteiger partial charge in [-0.15, -0.1) is 0 Å². The van der Waals surface area contributed by atoms with Gasteiger partial charge >= 0.3 is 0 Å². The van der Waals surface area contributed by atoms with Crippen molar-refractivity contribution in [1.29, 1.82) is 0 Å². The SMILES string of the molecule is CCCCCCN=C(N)N1CCC(C)CC1. The summed E-state index contributed by atoms with van der Waals surface area (Å²) in [5, 5.41) is 0. The molecule has 1 rings (SSSR count). The van der Waals surface area contributed by atoms with Crippen LogP contribution in [-0.4, -0.2) is 30.5 Å². The Balaban J connectivity index is 2.17. The highest BCUT2D eigenvalue weighted by Gasteiger charge is 2.16. The molecule has 1 heterocycles. The molecule has 0 saturated carbocycles. The van der Waals surface area contributed by atoms with Crippen molar-refractivity contribution in [3.8, 4) is 0 Å². The molecule has 0 atom stereocenters. The summed E-state index contributed by atoms with van der Waals surface area (Å²) in [4.78, 5) is 6.70. The van der Waals surface area contributed by atoms with Gasteiger partial charge in [-0.1, -0.05) is 33.1 Å². The van der Waals surface area contributed by atoms with E-state index in [1.54, 1.807) is 0 Å².